The molecule has 0 N–H and O–H groups in total. The summed E-state index contributed by atoms with van der Waals surface area (Å²) in [7, 11) is 3.01. The van der Waals surface area contributed by atoms with Gasteiger partial charge in [-0.15, -0.1) is 33.7 Å². The van der Waals surface area contributed by atoms with E-state index < -0.39 is 0 Å². The predicted octanol–water partition coefficient (Wildman–Crippen LogP) is 5.44. The van der Waals surface area contributed by atoms with E-state index in [1.165, 1.54) is 45.1 Å². The molecule has 2 heterocycles. The molecule has 10 heteroatoms. The van der Waals surface area contributed by atoms with Crippen LogP contribution in [0.3, 0.4) is 0 Å². The van der Waals surface area contributed by atoms with Crippen LogP contribution >= 0.6 is 45.1 Å². The molecule has 2 rings (SSSR count). The molecule has 146 valence electrons. The van der Waals surface area contributed by atoms with Crippen molar-refractivity contribution in [2.45, 2.75) is 13.8 Å². The first-order valence-corrected chi connectivity index (χ1v) is 12.7. The minimum atomic E-state index is 0.770. The highest BCUT2D eigenvalue weighted by Crippen LogP contribution is 2.33. The molecule has 0 aliphatic rings. The van der Waals surface area contributed by atoms with Gasteiger partial charge in [0.1, 0.15) is 0 Å². The Kier molecular flexibility index (Phi) is 10.3. The molecule has 0 amide bonds. The van der Waals surface area contributed by atoms with Crippen LogP contribution in [0, 0.1) is 0 Å². The molecule has 28 heavy (non-hydrogen) atoms. The van der Waals surface area contributed by atoms with Crippen LogP contribution in [-0.4, -0.2) is 42.7 Å². The third kappa shape index (κ3) is 7.78. The minimum absolute atomic E-state index is 0.770. The van der Waals surface area contributed by atoms with Gasteiger partial charge in [0.15, 0.2) is 8.75 Å². The Morgan fingerprint density at radius 2 is 1.11 bits per heavy atom. The molecule has 0 fully saturated rings. The quantitative estimate of drug-likeness (QED) is 0.268. The molecule has 2 aromatic heterocycles. The molecule has 0 aliphatic heterocycles. The fraction of sp³-hybridized carbons (Fsp3) is 0.222. The van der Waals surface area contributed by atoms with Crippen molar-refractivity contribution in [1.82, 2.24) is 9.97 Å². The van der Waals surface area contributed by atoms with E-state index in [2.05, 4.69) is 30.4 Å². The SMILES string of the molecule is CS/C(=N/N=C(/C)c1ccccn1)SS/C(=N/N=C(\C)c1ccccn1)SC. The highest BCUT2D eigenvalue weighted by molar-refractivity contribution is 8.93. The van der Waals surface area contributed by atoms with Gasteiger partial charge in [0.05, 0.1) is 22.8 Å². The summed E-state index contributed by atoms with van der Waals surface area (Å²) in [5.41, 5.74) is 3.17. The van der Waals surface area contributed by atoms with E-state index >= 15 is 0 Å². The normalized spacial score (nSPS) is 13.7. The second kappa shape index (κ2) is 12.8. The van der Waals surface area contributed by atoms with E-state index in [0.29, 0.717) is 0 Å². The molecular weight excluding hydrogens is 429 g/mol. The fourth-order valence-electron chi connectivity index (χ4n) is 1.74. The van der Waals surface area contributed by atoms with Crippen LogP contribution in [-0.2, 0) is 0 Å². The van der Waals surface area contributed by atoms with Crippen LogP contribution in [0.5, 0.6) is 0 Å². The topological polar surface area (TPSA) is 75.2 Å². The Hall–Kier alpha value is -1.62. The van der Waals surface area contributed by atoms with E-state index in [1.807, 2.05) is 62.8 Å². The molecule has 0 atom stereocenters. The van der Waals surface area contributed by atoms with Crippen molar-refractivity contribution in [2.24, 2.45) is 20.4 Å². The number of rotatable bonds is 4. The van der Waals surface area contributed by atoms with E-state index in [9.17, 15) is 0 Å². The van der Waals surface area contributed by atoms with Gasteiger partial charge < -0.3 is 0 Å². The van der Waals surface area contributed by atoms with Crippen LogP contribution in [0.2, 0.25) is 0 Å². The number of pyridine rings is 2. The van der Waals surface area contributed by atoms with Gasteiger partial charge in [0.25, 0.3) is 0 Å². The Bertz CT molecular complexity index is 793. The summed E-state index contributed by atoms with van der Waals surface area (Å²) >= 11 is 3.07. The second-order valence-corrected chi connectivity index (χ2v) is 9.32. The molecule has 0 aliphatic carbocycles. The Morgan fingerprint density at radius 1 is 0.679 bits per heavy atom. The number of hydrogen-bond donors (Lipinski definition) is 0. The van der Waals surface area contributed by atoms with E-state index in [-0.39, 0.29) is 0 Å². The van der Waals surface area contributed by atoms with Crippen molar-refractivity contribution in [1.29, 1.82) is 0 Å². The number of thioether (sulfide) groups is 2. The number of nitrogens with zero attached hydrogens (tertiary/aromatic N) is 6. The molecule has 2 aromatic rings. The van der Waals surface area contributed by atoms with Crippen LogP contribution in [0.25, 0.3) is 0 Å². The zero-order chi connectivity index (χ0) is 20.2. The van der Waals surface area contributed by atoms with Gasteiger partial charge in [-0.25, -0.2) is 0 Å². The maximum absolute atomic E-state index is 4.33. The number of hydrogen-bond acceptors (Lipinski definition) is 10. The Balaban J connectivity index is 2.02. The third-order valence-electron chi connectivity index (χ3n) is 3.17. The molecular formula is C18H20N6S4. The van der Waals surface area contributed by atoms with Crippen LogP contribution in [0.15, 0.2) is 69.2 Å². The second-order valence-electron chi connectivity index (χ2n) is 5.11. The molecule has 0 saturated heterocycles. The zero-order valence-electron chi connectivity index (χ0n) is 15.9. The maximum atomic E-state index is 4.33. The van der Waals surface area contributed by atoms with Crippen LogP contribution in [0.4, 0.5) is 0 Å². The number of aromatic nitrogens is 2. The van der Waals surface area contributed by atoms with Crippen molar-refractivity contribution in [3.63, 3.8) is 0 Å². The van der Waals surface area contributed by atoms with Crippen molar-refractivity contribution in [3.05, 3.63) is 60.2 Å². The van der Waals surface area contributed by atoms with Crippen molar-refractivity contribution in [2.75, 3.05) is 12.5 Å². The van der Waals surface area contributed by atoms with Crippen molar-refractivity contribution in [3.8, 4) is 0 Å². The smallest absolute Gasteiger partial charge is 0.163 e. The molecule has 0 aromatic carbocycles. The molecule has 0 bridgehead atoms. The maximum Gasteiger partial charge on any atom is 0.163 e. The fourth-order valence-corrected chi connectivity index (χ4v) is 5.29. The summed E-state index contributed by atoms with van der Waals surface area (Å²) in [6, 6.07) is 11.4. The monoisotopic (exact) mass is 448 g/mol. The summed E-state index contributed by atoms with van der Waals surface area (Å²) in [6.07, 6.45) is 7.42. The largest absolute Gasteiger partial charge is 0.255 e. The molecule has 6 nitrogen and oxygen atoms in total. The van der Waals surface area contributed by atoms with Gasteiger partial charge in [-0.1, -0.05) is 12.1 Å². The van der Waals surface area contributed by atoms with Gasteiger partial charge in [0, 0.05) is 12.4 Å². The Labute approximate surface area is 181 Å². The first-order valence-electron chi connectivity index (χ1n) is 8.14. The van der Waals surface area contributed by atoms with Gasteiger partial charge in [-0.3, -0.25) is 9.97 Å². The summed E-state index contributed by atoms with van der Waals surface area (Å²) in [5, 5.41) is 17.2. The van der Waals surface area contributed by atoms with Crippen LogP contribution in [0.1, 0.15) is 25.2 Å². The summed E-state index contributed by atoms with van der Waals surface area (Å²) in [6.45, 7) is 3.79. The van der Waals surface area contributed by atoms with Gasteiger partial charge in [-0.2, -0.15) is 10.2 Å². The van der Waals surface area contributed by atoms with Gasteiger partial charge in [0.2, 0.25) is 0 Å². The average molecular weight is 449 g/mol. The van der Waals surface area contributed by atoms with E-state index in [0.717, 1.165) is 31.6 Å². The average Bonchev–Trinajstić information content (AvgIpc) is 2.76. The highest BCUT2D eigenvalue weighted by atomic mass is 33.1. The first kappa shape index (κ1) is 22.7. The van der Waals surface area contributed by atoms with E-state index in [1.54, 1.807) is 12.4 Å². The molecule has 0 saturated carbocycles. The van der Waals surface area contributed by atoms with Gasteiger partial charge in [-0.05, 0) is 72.2 Å². The Morgan fingerprint density at radius 3 is 1.43 bits per heavy atom. The lowest BCUT2D eigenvalue weighted by Crippen LogP contribution is -1.97. The minimum Gasteiger partial charge on any atom is -0.255 e. The molecule has 0 unspecified atom stereocenters. The van der Waals surface area contributed by atoms with E-state index in [4.69, 9.17) is 0 Å². The lowest BCUT2D eigenvalue weighted by molar-refractivity contribution is 1.21. The standard InChI is InChI=1S/C18H20N6S4/c1-13(15-9-5-7-11-19-15)21-23-17(25-3)27-28-18(26-4)24-22-14(2)16-10-6-8-12-20-16/h5-12H,1-4H3/b21-13-,22-14+,23-17-,24-18+. The highest BCUT2D eigenvalue weighted by Gasteiger charge is 2.06. The molecule has 0 radical (unpaired) electrons. The first-order chi connectivity index (χ1) is 13.6. The third-order valence-corrected chi connectivity index (χ3v) is 7.89. The lowest BCUT2D eigenvalue weighted by atomic mass is 10.3. The predicted molar refractivity (Wildman–Crippen MR) is 130 cm³/mol. The summed E-state index contributed by atoms with van der Waals surface area (Å²) < 4.78 is 1.65. The summed E-state index contributed by atoms with van der Waals surface area (Å²) in [5.74, 6) is 0. The molecule has 0 spiro atoms. The lowest BCUT2D eigenvalue weighted by Gasteiger charge is -2.02. The van der Waals surface area contributed by atoms with Gasteiger partial charge >= 0.3 is 0 Å². The zero-order valence-corrected chi connectivity index (χ0v) is 19.2. The van der Waals surface area contributed by atoms with Crippen LogP contribution < -0.4 is 0 Å². The van der Waals surface area contributed by atoms with Crippen molar-refractivity contribution >= 4 is 65.3 Å². The van der Waals surface area contributed by atoms with Crippen molar-refractivity contribution < 1.29 is 0 Å². The summed E-state index contributed by atoms with van der Waals surface area (Å²) in [4.78, 5) is 8.55.